The summed E-state index contributed by atoms with van der Waals surface area (Å²) in [6.45, 7) is 5.11. The van der Waals surface area contributed by atoms with Crippen molar-refractivity contribution in [3.8, 4) is 0 Å². The third-order valence-corrected chi connectivity index (χ3v) is 7.56. The standard InChI is InChI=1S/C24H23Cl2N3O3S/c1-16-10-12-19(13-11-16)33(31,32)29(23-9-4-6-17(2)18(23)3)15-24(30)28-27-14-20-21(25)7-5-8-22(20)26/h4-14H,15H2,1-3H3,(H,28,30)/b27-14-. The summed E-state index contributed by atoms with van der Waals surface area (Å²) in [5.74, 6) is -0.619. The summed E-state index contributed by atoms with van der Waals surface area (Å²) >= 11 is 12.2. The van der Waals surface area contributed by atoms with Crippen molar-refractivity contribution < 1.29 is 13.2 Å². The Morgan fingerprint density at radius 2 is 1.58 bits per heavy atom. The van der Waals surface area contributed by atoms with Gasteiger partial charge in [-0.05, 0) is 62.2 Å². The van der Waals surface area contributed by atoms with Crippen LogP contribution in [0.2, 0.25) is 10.0 Å². The Hall–Kier alpha value is -2.87. The van der Waals surface area contributed by atoms with Gasteiger partial charge in [0.15, 0.2) is 0 Å². The zero-order valence-electron chi connectivity index (χ0n) is 18.3. The van der Waals surface area contributed by atoms with Gasteiger partial charge in [0.05, 0.1) is 26.8 Å². The van der Waals surface area contributed by atoms with Gasteiger partial charge in [0.1, 0.15) is 6.54 Å². The Morgan fingerprint density at radius 1 is 0.970 bits per heavy atom. The van der Waals surface area contributed by atoms with E-state index in [1.54, 1.807) is 42.5 Å². The number of sulfonamides is 1. The summed E-state index contributed by atoms with van der Waals surface area (Å²) in [7, 11) is -4.02. The monoisotopic (exact) mass is 503 g/mol. The number of benzene rings is 3. The number of carbonyl (C=O) groups excluding carboxylic acids is 1. The minimum absolute atomic E-state index is 0.0909. The molecule has 3 aromatic carbocycles. The minimum atomic E-state index is -4.02. The van der Waals surface area contributed by atoms with Gasteiger partial charge in [-0.15, -0.1) is 0 Å². The quantitative estimate of drug-likeness (QED) is 0.352. The first-order chi connectivity index (χ1) is 15.6. The maximum atomic E-state index is 13.5. The molecule has 33 heavy (non-hydrogen) atoms. The average Bonchev–Trinajstić information content (AvgIpc) is 2.76. The van der Waals surface area contributed by atoms with Gasteiger partial charge in [0.2, 0.25) is 0 Å². The summed E-state index contributed by atoms with van der Waals surface area (Å²) in [6, 6.07) is 16.8. The number of halogens is 2. The second-order valence-corrected chi connectivity index (χ2v) is 10.1. The molecule has 0 saturated heterocycles. The smallest absolute Gasteiger partial charge is 0.264 e. The summed E-state index contributed by atoms with van der Waals surface area (Å²) in [5.41, 5.74) is 5.82. The molecule has 9 heteroatoms. The summed E-state index contributed by atoms with van der Waals surface area (Å²) < 4.78 is 28.1. The molecule has 172 valence electrons. The Morgan fingerprint density at radius 3 is 2.21 bits per heavy atom. The molecule has 0 fully saturated rings. The Labute approximate surface area is 203 Å². The van der Waals surface area contributed by atoms with Crippen molar-refractivity contribution in [3.05, 3.63) is 93.0 Å². The SMILES string of the molecule is Cc1ccc(S(=O)(=O)N(CC(=O)N/N=C\c2c(Cl)cccc2Cl)c2cccc(C)c2C)cc1. The van der Waals surface area contributed by atoms with Crippen molar-refractivity contribution >= 4 is 51.0 Å². The molecule has 3 rings (SSSR count). The minimum Gasteiger partial charge on any atom is -0.271 e. The number of nitrogens with zero attached hydrogens (tertiary/aromatic N) is 2. The van der Waals surface area contributed by atoms with Crippen molar-refractivity contribution in [2.75, 3.05) is 10.8 Å². The van der Waals surface area contributed by atoms with Crippen LogP contribution in [0.1, 0.15) is 22.3 Å². The molecule has 0 atom stereocenters. The van der Waals surface area contributed by atoms with Crippen LogP contribution >= 0.6 is 23.2 Å². The summed E-state index contributed by atoms with van der Waals surface area (Å²) in [4.78, 5) is 12.8. The van der Waals surface area contributed by atoms with E-state index >= 15 is 0 Å². The van der Waals surface area contributed by atoms with Crippen LogP contribution < -0.4 is 9.73 Å². The highest BCUT2D eigenvalue weighted by atomic mass is 35.5. The zero-order valence-corrected chi connectivity index (χ0v) is 20.7. The van der Waals surface area contributed by atoms with Crippen LogP contribution in [0.5, 0.6) is 0 Å². The van der Waals surface area contributed by atoms with E-state index in [-0.39, 0.29) is 4.90 Å². The molecule has 0 radical (unpaired) electrons. The van der Waals surface area contributed by atoms with Crippen LogP contribution in [0.15, 0.2) is 70.7 Å². The third kappa shape index (κ3) is 5.74. The fourth-order valence-corrected chi connectivity index (χ4v) is 5.09. The molecule has 0 saturated carbocycles. The Balaban J connectivity index is 1.91. The molecule has 0 spiro atoms. The molecular weight excluding hydrogens is 481 g/mol. The highest BCUT2D eigenvalue weighted by Gasteiger charge is 2.28. The van der Waals surface area contributed by atoms with E-state index in [4.69, 9.17) is 23.2 Å². The maximum absolute atomic E-state index is 13.5. The topological polar surface area (TPSA) is 78.8 Å². The van der Waals surface area contributed by atoms with Gasteiger partial charge in [0.25, 0.3) is 15.9 Å². The van der Waals surface area contributed by atoms with Crippen LogP contribution in [-0.4, -0.2) is 27.1 Å². The van der Waals surface area contributed by atoms with Crippen LogP contribution in [0.25, 0.3) is 0 Å². The van der Waals surface area contributed by atoms with Crippen LogP contribution in [0.4, 0.5) is 5.69 Å². The van der Waals surface area contributed by atoms with Crippen molar-refractivity contribution in [2.24, 2.45) is 5.10 Å². The lowest BCUT2D eigenvalue weighted by Crippen LogP contribution is -2.40. The molecule has 3 aromatic rings. The van der Waals surface area contributed by atoms with E-state index in [9.17, 15) is 13.2 Å². The molecule has 0 bridgehead atoms. The lowest BCUT2D eigenvalue weighted by Gasteiger charge is -2.26. The van der Waals surface area contributed by atoms with Crippen LogP contribution in [-0.2, 0) is 14.8 Å². The molecule has 0 aromatic heterocycles. The van der Waals surface area contributed by atoms with Gasteiger partial charge < -0.3 is 0 Å². The summed E-state index contributed by atoms with van der Waals surface area (Å²) in [5, 5.41) is 4.65. The first-order valence-corrected chi connectivity index (χ1v) is 12.2. The lowest BCUT2D eigenvalue weighted by molar-refractivity contribution is -0.119. The molecule has 0 unspecified atom stereocenters. The first kappa shape index (κ1) is 24.8. The number of rotatable bonds is 7. The third-order valence-electron chi connectivity index (χ3n) is 5.12. The molecule has 1 N–H and O–H groups in total. The molecule has 0 aliphatic heterocycles. The van der Waals surface area contributed by atoms with Crippen LogP contribution in [0, 0.1) is 20.8 Å². The van der Waals surface area contributed by atoms with Gasteiger partial charge in [0, 0.05) is 5.56 Å². The van der Waals surface area contributed by atoms with Gasteiger partial charge in [-0.2, -0.15) is 5.10 Å². The van der Waals surface area contributed by atoms with Crippen LogP contribution in [0.3, 0.4) is 0 Å². The number of hydrogen-bond donors (Lipinski definition) is 1. The fourth-order valence-electron chi connectivity index (χ4n) is 3.11. The molecule has 1 amide bonds. The average molecular weight is 504 g/mol. The van der Waals surface area contributed by atoms with Gasteiger partial charge in [-0.3, -0.25) is 9.10 Å². The molecule has 0 aliphatic rings. The fraction of sp³-hybridized carbons (Fsp3) is 0.167. The predicted octanol–water partition coefficient (Wildman–Crippen LogP) is 5.26. The second-order valence-electron chi connectivity index (χ2n) is 7.47. The van der Waals surface area contributed by atoms with Crippen molar-refractivity contribution in [3.63, 3.8) is 0 Å². The van der Waals surface area contributed by atoms with E-state index in [2.05, 4.69) is 10.5 Å². The summed E-state index contributed by atoms with van der Waals surface area (Å²) in [6.07, 6.45) is 1.32. The largest absolute Gasteiger partial charge is 0.271 e. The predicted molar refractivity (Wildman–Crippen MR) is 134 cm³/mol. The van der Waals surface area contributed by atoms with E-state index in [0.717, 1.165) is 21.0 Å². The Kier molecular flexibility index (Phi) is 7.79. The lowest BCUT2D eigenvalue weighted by atomic mass is 10.1. The van der Waals surface area contributed by atoms with Gasteiger partial charge in [-0.1, -0.05) is 59.1 Å². The van der Waals surface area contributed by atoms with Crippen molar-refractivity contribution in [2.45, 2.75) is 25.7 Å². The van der Waals surface area contributed by atoms with E-state index < -0.39 is 22.5 Å². The number of aryl methyl sites for hydroxylation is 2. The molecule has 0 heterocycles. The number of anilines is 1. The number of nitrogens with one attached hydrogen (secondary N) is 1. The number of hydrogen-bond acceptors (Lipinski definition) is 4. The van der Waals surface area contributed by atoms with Gasteiger partial charge >= 0.3 is 0 Å². The van der Waals surface area contributed by atoms with E-state index in [0.29, 0.717) is 21.3 Å². The number of carbonyl (C=O) groups is 1. The molecule has 6 nitrogen and oxygen atoms in total. The Bertz CT molecular complexity index is 1290. The molecular formula is C24H23Cl2N3O3S. The van der Waals surface area contributed by atoms with Crippen molar-refractivity contribution in [1.29, 1.82) is 0 Å². The normalized spacial score (nSPS) is 11.5. The van der Waals surface area contributed by atoms with Gasteiger partial charge in [-0.25, -0.2) is 13.8 Å². The van der Waals surface area contributed by atoms with E-state index in [1.165, 1.54) is 18.3 Å². The van der Waals surface area contributed by atoms with Crippen molar-refractivity contribution in [1.82, 2.24) is 5.43 Å². The first-order valence-electron chi connectivity index (χ1n) is 10.0. The molecule has 0 aliphatic carbocycles. The maximum Gasteiger partial charge on any atom is 0.264 e. The number of amides is 1. The second kappa shape index (κ2) is 10.4. The van der Waals surface area contributed by atoms with E-state index in [1.807, 2.05) is 26.8 Å². The number of hydrazone groups is 1. The highest BCUT2D eigenvalue weighted by molar-refractivity contribution is 7.92. The highest BCUT2D eigenvalue weighted by Crippen LogP contribution is 2.28. The zero-order chi connectivity index (χ0) is 24.2.